The Hall–Kier alpha value is -2.66. The van der Waals surface area contributed by atoms with E-state index < -0.39 is 0 Å². The summed E-state index contributed by atoms with van der Waals surface area (Å²) in [5.74, 6) is 2.86. The van der Waals surface area contributed by atoms with E-state index in [0.29, 0.717) is 5.92 Å². The molecule has 4 aromatic rings. The molecule has 0 aliphatic carbocycles. The van der Waals surface area contributed by atoms with Crippen molar-refractivity contribution in [3.63, 3.8) is 0 Å². The highest BCUT2D eigenvalue weighted by atomic mass is 32.1. The molecule has 1 aliphatic heterocycles. The molecule has 134 valence electrons. The molecule has 1 aliphatic rings. The molecule has 5 heterocycles. The summed E-state index contributed by atoms with van der Waals surface area (Å²) in [4.78, 5) is 5.78. The van der Waals surface area contributed by atoms with Crippen molar-refractivity contribution in [1.29, 1.82) is 5.26 Å². The molecule has 0 N–H and O–H groups in total. The highest BCUT2D eigenvalue weighted by Crippen LogP contribution is 2.34. The summed E-state index contributed by atoms with van der Waals surface area (Å²) < 4.78 is 3.88. The standard InChI is InChI=1S/C19H19BN6S/c1-12-7-16-9-15(8-13(2)26(16)23-12)18-24-25-10-17(22-19(25)27-18)14-3-5-20(11-21)6-4-14/h7-10,14H,3-6H2,1-2H3. The molecule has 0 unspecified atom stereocenters. The van der Waals surface area contributed by atoms with Gasteiger partial charge in [-0.25, -0.2) is 19.3 Å². The van der Waals surface area contributed by atoms with Crippen molar-refractivity contribution in [2.24, 2.45) is 0 Å². The van der Waals surface area contributed by atoms with Crippen LogP contribution in [0.2, 0.25) is 12.6 Å². The second-order valence-corrected chi connectivity index (χ2v) is 8.44. The van der Waals surface area contributed by atoms with Gasteiger partial charge in [-0.1, -0.05) is 36.8 Å². The molecule has 0 amide bonds. The van der Waals surface area contributed by atoms with Crippen molar-refractivity contribution in [3.05, 3.63) is 41.5 Å². The van der Waals surface area contributed by atoms with Crippen LogP contribution in [0.15, 0.2) is 24.4 Å². The number of rotatable bonds is 2. The van der Waals surface area contributed by atoms with E-state index in [2.05, 4.69) is 42.4 Å². The molecule has 0 radical (unpaired) electrons. The monoisotopic (exact) mass is 374 g/mol. The number of pyridine rings is 1. The van der Waals surface area contributed by atoms with Gasteiger partial charge in [0, 0.05) is 23.1 Å². The lowest BCUT2D eigenvalue weighted by molar-refractivity contribution is 0.598. The maximum Gasteiger partial charge on any atom is 0.267 e. The predicted octanol–water partition coefficient (Wildman–Crippen LogP) is 4.16. The van der Waals surface area contributed by atoms with E-state index in [4.69, 9.17) is 15.3 Å². The molecular formula is C19H19BN6S. The van der Waals surface area contributed by atoms with E-state index >= 15 is 0 Å². The molecule has 8 heteroatoms. The van der Waals surface area contributed by atoms with Gasteiger partial charge in [-0.15, -0.1) is 0 Å². The lowest BCUT2D eigenvalue weighted by Crippen LogP contribution is -2.19. The van der Waals surface area contributed by atoms with Gasteiger partial charge < -0.3 is 0 Å². The van der Waals surface area contributed by atoms with Crippen molar-refractivity contribution in [2.75, 3.05) is 0 Å². The largest absolute Gasteiger partial charge is 0.267 e. The van der Waals surface area contributed by atoms with Crippen molar-refractivity contribution >= 4 is 28.5 Å². The third-order valence-corrected chi connectivity index (χ3v) is 6.47. The van der Waals surface area contributed by atoms with Gasteiger partial charge in [0.05, 0.1) is 23.1 Å². The average Bonchev–Trinajstić information content (AvgIpc) is 3.34. The Kier molecular flexibility index (Phi) is 3.79. The zero-order valence-corrected chi connectivity index (χ0v) is 16.2. The first-order valence-electron chi connectivity index (χ1n) is 9.34. The zero-order valence-electron chi connectivity index (χ0n) is 15.4. The number of aryl methyl sites for hydroxylation is 2. The fourth-order valence-electron chi connectivity index (χ4n) is 4.06. The van der Waals surface area contributed by atoms with E-state index in [1.807, 2.05) is 16.0 Å². The summed E-state index contributed by atoms with van der Waals surface area (Å²) >= 11 is 1.62. The van der Waals surface area contributed by atoms with Gasteiger partial charge in [-0.2, -0.15) is 10.2 Å². The van der Waals surface area contributed by atoms with Crippen LogP contribution < -0.4 is 0 Å². The van der Waals surface area contributed by atoms with Gasteiger partial charge in [0.1, 0.15) is 5.01 Å². The van der Waals surface area contributed by atoms with Crippen molar-refractivity contribution in [2.45, 2.75) is 45.2 Å². The van der Waals surface area contributed by atoms with E-state index in [1.54, 1.807) is 11.3 Å². The Morgan fingerprint density at radius 1 is 1.19 bits per heavy atom. The second kappa shape index (κ2) is 6.20. The quantitative estimate of drug-likeness (QED) is 0.494. The fraction of sp³-hybridized carbons (Fsp3) is 0.368. The Labute approximate surface area is 161 Å². The molecule has 0 spiro atoms. The number of imidazole rings is 1. The van der Waals surface area contributed by atoms with Crippen LogP contribution in [0.5, 0.6) is 0 Å². The number of hydrogen-bond acceptors (Lipinski definition) is 5. The van der Waals surface area contributed by atoms with Crippen LogP contribution in [0.4, 0.5) is 0 Å². The van der Waals surface area contributed by atoms with Gasteiger partial charge >= 0.3 is 0 Å². The Balaban J connectivity index is 1.46. The SMILES string of the molecule is Cc1cc2cc(-c3nn4cc(C5CCB(C#N)CC5)nc4s3)cc(C)n2n1. The summed E-state index contributed by atoms with van der Waals surface area (Å²) in [5, 5.41) is 19.3. The van der Waals surface area contributed by atoms with Gasteiger partial charge in [0.25, 0.3) is 6.71 Å². The molecule has 27 heavy (non-hydrogen) atoms. The highest BCUT2D eigenvalue weighted by molar-refractivity contribution is 7.19. The second-order valence-electron chi connectivity index (χ2n) is 7.49. The van der Waals surface area contributed by atoms with Crippen LogP contribution >= 0.6 is 11.3 Å². The molecule has 0 aromatic carbocycles. The smallest absolute Gasteiger partial charge is 0.238 e. The number of fused-ring (bicyclic) bond motifs is 2. The average molecular weight is 374 g/mol. The molecular weight excluding hydrogens is 355 g/mol. The minimum absolute atomic E-state index is 0.222. The Morgan fingerprint density at radius 3 is 2.74 bits per heavy atom. The maximum atomic E-state index is 9.07. The Morgan fingerprint density at radius 2 is 2.00 bits per heavy atom. The van der Waals surface area contributed by atoms with Crippen molar-refractivity contribution < 1.29 is 0 Å². The third kappa shape index (κ3) is 2.83. The molecule has 0 saturated carbocycles. The van der Waals surface area contributed by atoms with Gasteiger partial charge in [0.15, 0.2) is 0 Å². The normalized spacial score (nSPS) is 15.7. The molecule has 1 saturated heterocycles. The molecule has 0 bridgehead atoms. The highest BCUT2D eigenvalue weighted by Gasteiger charge is 2.27. The summed E-state index contributed by atoms with van der Waals surface area (Å²) in [6.45, 7) is 4.30. The van der Waals surface area contributed by atoms with Crippen LogP contribution in [0.25, 0.3) is 21.0 Å². The first-order chi connectivity index (χ1) is 13.1. The van der Waals surface area contributed by atoms with Gasteiger partial charge in [-0.05, 0) is 32.0 Å². The van der Waals surface area contributed by atoms with E-state index in [9.17, 15) is 0 Å². The number of nitrogens with zero attached hydrogens (tertiary/aromatic N) is 6. The topological polar surface area (TPSA) is 71.3 Å². The van der Waals surface area contributed by atoms with Gasteiger partial charge in [-0.3, -0.25) is 0 Å². The molecule has 6 nitrogen and oxygen atoms in total. The van der Waals surface area contributed by atoms with E-state index in [0.717, 1.165) is 63.6 Å². The van der Waals surface area contributed by atoms with Crippen molar-refractivity contribution in [1.82, 2.24) is 24.2 Å². The predicted molar refractivity (Wildman–Crippen MR) is 107 cm³/mol. The minimum atomic E-state index is 0.222. The summed E-state index contributed by atoms with van der Waals surface area (Å²) in [5.41, 5.74) is 5.42. The first kappa shape index (κ1) is 16.5. The summed E-state index contributed by atoms with van der Waals surface area (Å²) in [6.07, 6.45) is 6.13. The molecule has 0 atom stereocenters. The van der Waals surface area contributed by atoms with Crippen LogP contribution in [0.1, 0.15) is 35.8 Å². The summed E-state index contributed by atoms with van der Waals surface area (Å²) in [6, 6.07) is 6.35. The Bertz CT molecular complexity index is 1160. The molecule has 4 aromatic heterocycles. The van der Waals surface area contributed by atoms with E-state index in [-0.39, 0.29) is 6.71 Å². The lowest BCUT2D eigenvalue weighted by atomic mass is 9.41. The van der Waals surface area contributed by atoms with Crippen molar-refractivity contribution in [3.8, 4) is 16.5 Å². The maximum absolute atomic E-state index is 9.07. The number of hydrogen-bond donors (Lipinski definition) is 0. The number of aromatic nitrogens is 5. The van der Waals surface area contributed by atoms with Crippen LogP contribution in [-0.2, 0) is 0 Å². The molecule has 1 fully saturated rings. The molecule has 5 rings (SSSR count). The summed E-state index contributed by atoms with van der Waals surface area (Å²) in [7, 11) is 0. The van der Waals surface area contributed by atoms with Crippen LogP contribution in [0, 0.1) is 25.1 Å². The number of nitriles is 1. The third-order valence-electron chi connectivity index (χ3n) is 5.50. The van der Waals surface area contributed by atoms with Gasteiger partial charge in [0.2, 0.25) is 4.96 Å². The van der Waals surface area contributed by atoms with E-state index in [1.165, 1.54) is 0 Å². The zero-order chi connectivity index (χ0) is 18.5. The van der Waals surface area contributed by atoms with Crippen LogP contribution in [-0.4, -0.2) is 30.9 Å². The fourth-order valence-corrected chi connectivity index (χ4v) is 4.94. The lowest BCUT2D eigenvalue weighted by Gasteiger charge is -2.21. The first-order valence-corrected chi connectivity index (χ1v) is 10.2. The minimum Gasteiger partial charge on any atom is -0.238 e. The van der Waals surface area contributed by atoms with Crippen LogP contribution in [0.3, 0.4) is 0 Å².